The number of nitrogens with zero attached hydrogens (tertiary/aromatic N) is 1. The van der Waals surface area contributed by atoms with Crippen LogP contribution in [0.25, 0.3) is 10.6 Å². The molecule has 1 atom stereocenters. The average molecular weight is 271 g/mol. The molecule has 0 saturated heterocycles. The van der Waals surface area contributed by atoms with Crippen LogP contribution in [-0.4, -0.2) is 16.9 Å². The van der Waals surface area contributed by atoms with Gasteiger partial charge in [0.1, 0.15) is 5.01 Å². The lowest BCUT2D eigenvalue weighted by atomic mass is 10.2. The standard InChI is InChI=1S/C14H13N3OS/c1-2-3-12(15)13(18)17-11-6-4-10(5-7-11)14-16-8-9-19-14/h1,4-9,12H,3,15H2,(H,17,18). The smallest absolute Gasteiger partial charge is 0.242 e. The van der Waals surface area contributed by atoms with Gasteiger partial charge in [0.2, 0.25) is 5.91 Å². The first-order valence-corrected chi connectivity index (χ1v) is 6.58. The van der Waals surface area contributed by atoms with Gasteiger partial charge in [0, 0.05) is 29.2 Å². The van der Waals surface area contributed by atoms with Crippen molar-refractivity contribution in [1.29, 1.82) is 0 Å². The lowest BCUT2D eigenvalue weighted by Gasteiger charge is -2.09. The van der Waals surface area contributed by atoms with Crippen LogP contribution in [0, 0.1) is 12.3 Å². The van der Waals surface area contributed by atoms with Crippen molar-refractivity contribution in [2.24, 2.45) is 5.73 Å². The molecule has 0 spiro atoms. The van der Waals surface area contributed by atoms with Crippen LogP contribution in [0.3, 0.4) is 0 Å². The normalized spacial score (nSPS) is 11.6. The van der Waals surface area contributed by atoms with Crippen LogP contribution in [-0.2, 0) is 4.79 Å². The van der Waals surface area contributed by atoms with E-state index in [4.69, 9.17) is 12.2 Å². The fraction of sp³-hybridized carbons (Fsp3) is 0.143. The Bertz CT molecular complexity index is 584. The van der Waals surface area contributed by atoms with Gasteiger partial charge in [-0.1, -0.05) is 0 Å². The molecule has 0 bridgehead atoms. The van der Waals surface area contributed by atoms with E-state index >= 15 is 0 Å². The van der Waals surface area contributed by atoms with Gasteiger partial charge in [-0.05, 0) is 24.3 Å². The molecule has 1 amide bonds. The van der Waals surface area contributed by atoms with E-state index in [1.54, 1.807) is 17.5 Å². The number of nitrogens with two attached hydrogens (primary N) is 1. The SMILES string of the molecule is C#CCC(N)C(=O)Nc1ccc(-c2nccs2)cc1. The Hall–Kier alpha value is -2.16. The van der Waals surface area contributed by atoms with Crippen LogP contribution in [0.2, 0.25) is 0 Å². The van der Waals surface area contributed by atoms with Gasteiger partial charge in [0.15, 0.2) is 0 Å². The zero-order chi connectivity index (χ0) is 13.7. The fourth-order valence-electron chi connectivity index (χ4n) is 1.52. The van der Waals surface area contributed by atoms with E-state index in [1.807, 2.05) is 29.6 Å². The Kier molecular flexibility index (Phi) is 4.29. The number of aromatic nitrogens is 1. The summed E-state index contributed by atoms with van der Waals surface area (Å²) in [6.45, 7) is 0. The van der Waals surface area contributed by atoms with E-state index in [0.717, 1.165) is 10.6 Å². The molecule has 1 heterocycles. The third-order valence-electron chi connectivity index (χ3n) is 2.51. The number of carbonyl (C=O) groups is 1. The molecule has 0 saturated carbocycles. The molecule has 3 N–H and O–H groups in total. The molecule has 4 nitrogen and oxygen atoms in total. The first-order valence-electron chi connectivity index (χ1n) is 5.70. The largest absolute Gasteiger partial charge is 0.325 e. The Balaban J connectivity index is 2.03. The molecule has 0 fully saturated rings. The molecule has 1 aromatic heterocycles. The maximum atomic E-state index is 11.7. The molecule has 2 rings (SSSR count). The summed E-state index contributed by atoms with van der Waals surface area (Å²) in [5.74, 6) is 2.09. The molecule has 5 heteroatoms. The van der Waals surface area contributed by atoms with E-state index < -0.39 is 6.04 Å². The van der Waals surface area contributed by atoms with E-state index in [0.29, 0.717) is 5.69 Å². The van der Waals surface area contributed by atoms with Gasteiger partial charge in [-0.2, -0.15) is 0 Å². The van der Waals surface area contributed by atoms with Gasteiger partial charge in [-0.3, -0.25) is 4.79 Å². The second kappa shape index (κ2) is 6.14. The van der Waals surface area contributed by atoms with E-state index in [1.165, 1.54) is 0 Å². The van der Waals surface area contributed by atoms with E-state index in [-0.39, 0.29) is 12.3 Å². The van der Waals surface area contributed by atoms with Crippen molar-refractivity contribution >= 4 is 22.9 Å². The number of rotatable bonds is 4. The number of amides is 1. The lowest BCUT2D eigenvalue weighted by Crippen LogP contribution is -2.35. The fourth-order valence-corrected chi connectivity index (χ4v) is 2.16. The summed E-state index contributed by atoms with van der Waals surface area (Å²) in [4.78, 5) is 15.9. The van der Waals surface area contributed by atoms with Crippen molar-refractivity contribution < 1.29 is 4.79 Å². The summed E-state index contributed by atoms with van der Waals surface area (Å²) in [7, 11) is 0. The predicted molar refractivity (Wildman–Crippen MR) is 77.6 cm³/mol. The first-order chi connectivity index (χ1) is 9.20. The minimum absolute atomic E-state index is 0.225. The van der Waals surface area contributed by atoms with Crippen LogP contribution >= 0.6 is 11.3 Å². The van der Waals surface area contributed by atoms with E-state index in [2.05, 4.69) is 16.2 Å². The number of carbonyl (C=O) groups excluding carboxylic acids is 1. The quantitative estimate of drug-likeness (QED) is 0.837. The minimum Gasteiger partial charge on any atom is -0.325 e. The molecule has 0 aliphatic rings. The Morgan fingerprint density at radius 1 is 1.47 bits per heavy atom. The maximum Gasteiger partial charge on any atom is 0.242 e. The Morgan fingerprint density at radius 3 is 2.79 bits per heavy atom. The van der Waals surface area contributed by atoms with Crippen molar-refractivity contribution in [3.8, 4) is 22.9 Å². The number of benzene rings is 1. The number of anilines is 1. The van der Waals surface area contributed by atoms with Crippen LogP contribution in [0.1, 0.15) is 6.42 Å². The zero-order valence-electron chi connectivity index (χ0n) is 10.2. The molecule has 0 aliphatic heterocycles. The minimum atomic E-state index is -0.677. The molecule has 19 heavy (non-hydrogen) atoms. The Morgan fingerprint density at radius 2 is 2.21 bits per heavy atom. The monoisotopic (exact) mass is 271 g/mol. The van der Waals surface area contributed by atoms with Crippen LogP contribution in [0.5, 0.6) is 0 Å². The molecule has 96 valence electrons. The summed E-state index contributed by atoms with van der Waals surface area (Å²) in [5.41, 5.74) is 7.33. The summed E-state index contributed by atoms with van der Waals surface area (Å²) >= 11 is 1.57. The number of terminal acetylenes is 1. The molecular formula is C14H13N3OS. The molecule has 2 aromatic rings. The van der Waals surface area contributed by atoms with Crippen molar-refractivity contribution in [2.75, 3.05) is 5.32 Å². The molecule has 0 aliphatic carbocycles. The number of nitrogens with one attached hydrogen (secondary N) is 1. The summed E-state index contributed by atoms with van der Waals surface area (Å²) in [5, 5.41) is 5.59. The average Bonchev–Trinajstić information content (AvgIpc) is 2.94. The summed E-state index contributed by atoms with van der Waals surface area (Å²) in [6, 6.07) is 6.76. The maximum absolute atomic E-state index is 11.7. The molecule has 0 radical (unpaired) electrons. The van der Waals surface area contributed by atoms with Crippen LogP contribution in [0.15, 0.2) is 35.8 Å². The van der Waals surface area contributed by atoms with Crippen LogP contribution in [0.4, 0.5) is 5.69 Å². The number of hydrogen-bond donors (Lipinski definition) is 2. The molecule has 1 aromatic carbocycles. The highest BCUT2D eigenvalue weighted by Crippen LogP contribution is 2.23. The Labute approximate surface area is 115 Å². The highest BCUT2D eigenvalue weighted by molar-refractivity contribution is 7.13. The number of thiazole rings is 1. The zero-order valence-corrected chi connectivity index (χ0v) is 11.0. The van der Waals surface area contributed by atoms with Crippen molar-refractivity contribution in [1.82, 2.24) is 4.98 Å². The van der Waals surface area contributed by atoms with Gasteiger partial charge in [0.05, 0.1) is 6.04 Å². The highest BCUT2D eigenvalue weighted by atomic mass is 32.1. The predicted octanol–water partition coefficient (Wildman–Crippen LogP) is 2.10. The lowest BCUT2D eigenvalue weighted by molar-refractivity contribution is -0.117. The van der Waals surface area contributed by atoms with Crippen molar-refractivity contribution in [3.05, 3.63) is 35.8 Å². The first kappa shape index (κ1) is 13.3. The highest BCUT2D eigenvalue weighted by Gasteiger charge is 2.12. The second-order valence-corrected chi connectivity index (χ2v) is 4.81. The topological polar surface area (TPSA) is 68.0 Å². The number of hydrogen-bond acceptors (Lipinski definition) is 4. The molecule has 1 unspecified atom stereocenters. The van der Waals surface area contributed by atoms with Crippen molar-refractivity contribution in [3.63, 3.8) is 0 Å². The van der Waals surface area contributed by atoms with Gasteiger partial charge in [-0.15, -0.1) is 23.7 Å². The van der Waals surface area contributed by atoms with Crippen molar-refractivity contribution in [2.45, 2.75) is 12.5 Å². The third kappa shape index (κ3) is 3.41. The summed E-state index contributed by atoms with van der Waals surface area (Å²) < 4.78 is 0. The van der Waals surface area contributed by atoms with Gasteiger partial charge in [-0.25, -0.2) is 4.98 Å². The third-order valence-corrected chi connectivity index (χ3v) is 3.33. The van der Waals surface area contributed by atoms with Gasteiger partial charge < -0.3 is 11.1 Å². The second-order valence-electron chi connectivity index (χ2n) is 3.92. The molecular weight excluding hydrogens is 258 g/mol. The van der Waals surface area contributed by atoms with Gasteiger partial charge in [0.25, 0.3) is 0 Å². The van der Waals surface area contributed by atoms with E-state index in [9.17, 15) is 4.79 Å². The van der Waals surface area contributed by atoms with Crippen LogP contribution < -0.4 is 11.1 Å². The summed E-state index contributed by atoms with van der Waals surface area (Å²) in [6.07, 6.45) is 7.10. The van der Waals surface area contributed by atoms with Gasteiger partial charge >= 0.3 is 0 Å².